The predicted molar refractivity (Wildman–Crippen MR) is 108 cm³/mol. The van der Waals surface area contributed by atoms with Crippen LogP contribution in [0.1, 0.15) is 18.1 Å². The lowest BCUT2D eigenvalue weighted by Gasteiger charge is -2.08. The molecular formula is C21H19N3O2S. The molecular weight excluding hydrogens is 358 g/mol. The second kappa shape index (κ2) is 8.56. The van der Waals surface area contributed by atoms with Crippen LogP contribution in [0.4, 0.5) is 5.69 Å². The van der Waals surface area contributed by atoms with Gasteiger partial charge in [-0.3, -0.25) is 4.79 Å². The molecule has 0 aliphatic carbocycles. The molecule has 0 aliphatic rings. The average Bonchev–Trinajstić information content (AvgIpc) is 2.67. The monoisotopic (exact) mass is 377 g/mol. The summed E-state index contributed by atoms with van der Waals surface area (Å²) < 4.78 is 5.38. The quantitative estimate of drug-likeness (QED) is 0.638. The third-order valence-corrected chi connectivity index (χ3v) is 4.84. The third kappa shape index (κ3) is 4.78. The first kappa shape index (κ1) is 18.7. The lowest BCUT2D eigenvalue weighted by atomic mass is 10.1. The average molecular weight is 377 g/mol. The minimum atomic E-state index is -0.154. The van der Waals surface area contributed by atoms with Crippen LogP contribution in [0.15, 0.2) is 53.6 Å². The number of hydrogen-bond acceptors (Lipinski definition) is 5. The van der Waals surface area contributed by atoms with E-state index in [0.29, 0.717) is 22.9 Å². The maximum atomic E-state index is 12.2. The number of amides is 1. The van der Waals surface area contributed by atoms with E-state index in [2.05, 4.69) is 16.4 Å². The van der Waals surface area contributed by atoms with E-state index in [4.69, 9.17) is 4.74 Å². The highest BCUT2D eigenvalue weighted by atomic mass is 32.2. The van der Waals surface area contributed by atoms with E-state index in [1.54, 1.807) is 12.1 Å². The molecule has 0 aliphatic heterocycles. The van der Waals surface area contributed by atoms with Crippen molar-refractivity contribution in [2.24, 2.45) is 0 Å². The minimum absolute atomic E-state index is 0.154. The fourth-order valence-corrected chi connectivity index (χ4v) is 3.36. The fourth-order valence-electron chi connectivity index (χ4n) is 2.60. The van der Waals surface area contributed by atoms with E-state index in [1.807, 2.05) is 50.2 Å². The van der Waals surface area contributed by atoms with Gasteiger partial charge in [0.2, 0.25) is 5.91 Å². The molecule has 5 nitrogen and oxygen atoms in total. The van der Waals surface area contributed by atoms with Crippen molar-refractivity contribution in [3.8, 4) is 11.8 Å². The van der Waals surface area contributed by atoms with Crippen LogP contribution in [0, 0.1) is 18.3 Å². The minimum Gasteiger partial charge on any atom is -0.494 e. The van der Waals surface area contributed by atoms with E-state index in [0.717, 1.165) is 22.2 Å². The summed E-state index contributed by atoms with van der Waals surface area (Å²) in [4.78, 5) is 16.8. The zero-order valence-electron chi connectivity index (χ0n) is 15.2. The number of thioether (sulfide) groups is 1. The van der Waals surface area contributed by atoms with E-state index in [1.165, 1.54) is 11.8 Å². The van der Waals surface area contributed by atoms with Crippen LogP contribution in [-0.4, -0.2) is 23.3 Å². The van der Waals surface area contributed by atoms with Crippen LogP contribution in [0.5, 0.6) is 5.75 Å². The van der Waals surface area contributed by atoms with E-state index < -0.39 is 0 Å². The van der Waals surface area contributed by atoms with Gasteiger partial charge in [-0.2, -0.15) is 5.26 Å². The molecule has 1 N–H and O–H groups in total. The van der Waals surface area contributed by atoms with Gasteiger partial charge in [0, 0.05) is 11.1 Å². The molecule has 0 bridgehead atoms. The molecule has 136 valence electrons. The Morgan fingerprint density at radius 1 is 1.22 bits per heavy atom. The molecule has 3 aromatic rings. The molecule has 0 radical (unpaired) electrons. The van der Waals surface area contributed by atoms with Crippen LogP contribution in [0.25, 0.3) is 10.9 Å². The normalized spacial score (nSPS) is 10.4. The number of benzene rings is 2. The molecule has 2 aromatic carbocycles. The van der Waals surface area contributed by atoms with Gasteiger partial charge in [0.1, 0.15) is 16.8 Å². The highest BCUT2D eigenvalue weighted by Gasteiger charge is 2.11. The number of aryl methyl sites for hydroxylation is 1. The summed E-state index contributed by atoms with van der Waals surface area (Å²) in [5, 5.41) is 13.7. The standard InChI is InChI=1S/C21H19N3O2S/c1-3-26-18-7-5-17(6-8-18)23-20(25)13-27-21-16(12-22)11-15-10-14(2)4-9-19(15)24-21/h4-11H,3,13H2,1-2H3,(H,23,25). The summed E-state index contributed by atoms with van der Waals surface area (Å²) in [6.45, 7) is 4.52. The Morgan fingerprint density at radius 3 is 2.70 bits per heavy atom. The van der Waals surface area contributed by atoms with Crippen molar-refractivity contribution in [3.63, 3.8) is 0 Å². The predicted octanol–water partition coefficient (Wildman–Crippen LogP) is 4.54. The number of ether oxygens (including phenoxy) is 1. The summed E-state index contributed by atoms with van der Waals surface area (Å²) in [5.74, 6) is 0.782. The highest BCUT2D eigenvalue weighted by molar-refractivity contribution is 8.00. The Kier molecular flexibility index (Phi) is 5.94. The van der Waals surface area contributed by atoms with Gasteiger partial charge in [0.15, 0.2) is 0 Å². The molecule has 0 saturated heterocycles. The second-order valence-electron chi connectivity index (χ2n) is 5.94. The van der Waals surface area contributed by atoms with Gasteiger partial charge in [-0.15, -0.1) is 0 Å². The van der Waals surface area contributed by atoms with Crippen molar-refractivity contribution in [2.45, 2.75) is 18.9 Å². The Balaban J connectivity index is 1.67. The van der Waals surface area contributed by atoms with Gasteiger partial charge in [-0.05, 0) is 56.3 Å². The van der Waals surface area contributed by atoms with Gasteiger partial charge in [-0.25, -0.2) is 4.98 Å². The topological polar surface area (TPSA) is 75.0 Å². The molecule has 27 heavy (non-hydrogen) atoms. The van der Waals surface area contributed by atoms with Crippen molar-refractivity contribution in [3.05, 3.63) is 59.7 Å². The number of anilines is 1. The molecule has 1 aromatic heterocycles. The molecule has 0 saturated carbocycles. The number of nitriles is 1. The number of nitrogens with one attached hydrogen (secondary N) is 1. The number of aromatic nitrogens is 1. The molecule has 1 amide bonds. The number of rotatable bonds is 6. The van der Waals surface area contributed by atoms with E-state index in [-0.39, 0.29) is 11.7 Å². The second-order valence-corrected chi connectivity index (χ2v) is 6.91. The van der Waals surface area contributed by atoms with Crippen molar-refractivity contribution >= 4 is 34.3 Å². The SMILES string of the molecule is CCOc1ccc(NC(=O)CSc2nc3ccc(C)cc3cc2C#N)cc1. The molecule has 3 rings (SSSR count). The summed E-state index contributed by atoms with van der Waals surface area (Å²) in [7, 11) is 0. The Morgan fingerprint density at radius 2 is 2.00 bits per heavy atom. The van der Waals surface area contributed by atoms with Gasteiger partial charge in [0.25, 0.3) is 0 Å². The third-order valence-electron chi connectivity index (χ3n) is 3.84. The smallest absolute Gasteiger partial charge is 0.234 e. The first-order chi connectivity index (χ1) is 13.1. The highest BCUT2D eigenvalue weighted by Crippen LogP contribution is 2.25. The number of fused-ring (bicyclic) bond motifs is 1. The Labute approximate surface area is 162 Å². The van der Waals surface area contributed by atoms with Gasteiger partial charge < -0.3 is 10.1 Å². The van der Waals surface area contributed by atoms with Crippen molar-refractivity contribution in [2.75, 3.05) is 17.7 Å². The lowest BCUT2D eigenvalue weighted by Crippen LogP contribution is -2.14. The summed E-state index contributed by atoms with van der Waals surface area (Å²) in [6.07, 6.45) is 0. The Bertz CT molecular complexity index is 1010. The van der Waals surface area contributed by atoms with Crippen LogP contribution < -0.4 is 10.1 Å². The molecule has 0 unspecified atom stereocenters. The van der Waals surface area contributed by atoms with Crippen LogP contribution in [0.2, 0.25) is 0 Å². The van der Waals surface area contributed by atoms with Crippen LogP contribution >= 0.6 is 11.8 Å². The largest absolute Gasteiger partial charge is 0.494 e. The first-order valence-corrected chi connectivity index (χ1v) is 9.54. The van der Waals surface area contributed by atoms with Gasteiger partial charge >= 0.3 is 0 Å². The van der Waals surface area contributed by atoms with E-state index in [9.17, 15) is 10.1 Å². The van der Waals surface area contributed by atoms with Crippen molar-refractivity contribution in [1.29, 1.82) is 5.26 Å². The fraction of sp³-hybridized carbons (Fsp3) is 0.190. The Hall–Kier alpha value is -3.04. The number of carbonyl (C=O) groups excluding carboxylic acids is 1. The first-order valence-electron chi connectivity index (χ1n) is 8.56. The zero-order chi connectivity index (χ0) is 19.2. The van der Waals surface area contributed by atoms with Crippen LogP contribution in [0.3, 0.4) is 0 Å². The molecule has 6 heteroatoms. The number of hydrogen-bond donors (Lipinski definition) is 1. The molecule has 0 atom stereocenters. The maximum absolute atomic E-state index is 12.2. The lowest BCUT2D eigenvalue weighted by molar-refractivity contribution is -0.113. The zero-order valence-corrected chi connectivity index (χ0v) is 16.0. The molecule has 1 heterocycles. The maximum Gasteiger partial charge on any atom is 0.234 e. The summed E-state index contributed by atoms with van der Waals surface area (Å²) >= 11 is 1.26. The number of pyridine rings is 1. The summed E-state index contributed by atoms with van der Waals surface area (Å²) in [5.41, 5.74) is 3.11. The number of carbonyl (C=O) groups is 1. The van der Waals surface area contributed by atoms with Crippen molar-refractivity contribution < 1.29 is 9.53 Å². The molecule has 0 fully saturated rings. The summed E-state index contributed by atoms with van der Waals surface area (Å²) in [6, 6.07) is 17.1. The van der Waals surface area contributed by atoms with Crippen LogP contribution in [-0.2, 0) is 4.79 Å². The van der Waals surface area contributed by atoms with Gasteiger partial charge in [-0.1, -0.05) is 23.4 Å². The molecule has 0 spiro atoms. The number of nitrogens with zero attached hydrogens (tertiary/aromatic N) is 2. The van der Waals surface area contributed by atoms with Gasteiger partial charge in [0.05, 0.1) is 23.4 Å². The van der Waals surface area contributed by atoms with Crippen molar-refractivity contribution in [1.82, 2.24) is 4.98 Å². The van der Waals surface area contributed by atoms with E-state index >= 15 is 0 Å².